The van der Waals surface area contributed by atoms with Crippen LogP contribution in [0.2, 0.25) is 0 Å². The molecule has 0 saturated carbocycles. The monoisotopic (exact) mass is 481 g/mol. The fourth-order valence-corrected chi connectivity index (χ4v) is 4.69. The Bertz CT molecular complexity index is 1030. The second-order valence-electron chi connectivity index (χ2n) is 6.97. The van der Waals surface area contributed by atoms with Crippen molar-refractivity contribution in [1.29, 1.82) is 0 Å². The number of benzene rings is 3. The highest BCUT2D eigenvalue weighted by Gasteiger charge is 2.51. The summed E-state index contributed by atoms with van der Waals surface area (Å²) in [5.41, 5.74) is 2.68. The molecule has 1 unspecified atom stereocenters. The van der Waals surface area contributed by atoms with Crippen LogP contribution in [0, 0.1) is 6.92 Å². The number of carbonyl (C=O) groups excluding carboxylic acids is 1. The van der Waals surface area contributed by atoms with E-state index in [1.165, 1.54) is 0 Å². The van der Waals surface area contributed by atoms with E-state index in [1.54, 1.807) is 4.90 Å². The molecule has 0 saturated heterocycles. The van der Waals surface area contributed by atoms with Crippen LogP contribution in [0.25, 0.3) is 5.57 Å². The van der Waals surface area contributed by atoms with E-state index in [9.17, 15) is 9.90 Å². The van der Waals surface area contributed by atoms with Crippen molar-refractivity contribution in [2.75, 3.05) is 0 Å². The standard InChI is InChI=1S/C24H20INO2/c1-17-12-14-19(15-13-17)21-22(25)24(28,20-10-6-3-7-11-20)26(23(21)27)16-18-8-4-2-5-9-18/h2-15,28H,16H2,1H3. The molecule has 0 spiro atoms. The molecule has 3 aromatic rings. The van der Waals surface area contributed by atoms with Gasteiger partial charge in [-0.3, -0.25) is 9.69 Å². The molecule has 1 aliphatic heterocycles. The number of carbonyl (C=O) groups is 1. The first kappa shape index (κ1) is 18.9. The molecule has 1 atom stereocenters. The molecular weight excluding hydrogens is 461 g/mol. The van der Waals surface area contributed by atoms with Crippen LogP contribution in [-0.2, 0) is 17.1 Å². The molecule has 1 heterocycles. The Balaban J connectivity index is 1.86. The summed E-state index contributed by atoms with van der Waals surface area (Å²) in [4.78, 5) is 15.1. The maximum Gasteiger partial charge on any atom is 0.258 e. The summed E-state index contributed by atoms with van der Waals surface area (Å²) in [5, 5.41) is 11.8. The summed E-state index contributed by atoms with van der Waals surface area (Å²) in [6.45, 7) is 2.34. The van der Waals surface area contributed by atoms with E-state index in [2.05, 4.69) is 22.6 Å². The van der Waals surface area contributed by atoms with Crippen LogP contribution in [0.4, 0.5) is 0 Å². The minimum atomic E-state index is -1.49. The normalized spacial score (nSPS) is 19.4. The van der Waals surface area contributed by atoms with E-state index in [1.807, 2.05) is 91.9 Å². The van der Waals surface area contributed by atoms with E-state index in [4.69, 9.17) is 0 Å². The van der Waals surface area contributed by atoms with Gasteiger partial charge in [-0.1, -0.05) is 90.5 Å². The molecule has 4 rings (SSSR count). The third kappa shape index (κ3) is 3.16. The van der Waals surface area contributed by atoms with Crippen LogP contribution >= 0.6 is 22.6 Å². The lowest BCUT2D eigenvalue weighted by molar-refractivity contribution is -0.143. The van der Waals surface area contributed by atoms with E-state index < -0.39 is 5.72 Å². The van der Waals surface area contributed by atoms with Crippen molar-refractivity contribution >= 4 is 34.1 Å². The van der Waals surface area contributed by atoms with Gasteiger partial charge in [-0.25, -0.2) is 0 Å². The second-order valence-corrected chi connectivity index (χ2v) is 8.05. The van der Waals surface area contributed by atoms with Gasteiger partial charge in [-0.2, -0.15) is 0 Å². The van der Waals surface area contributed by atoms with Crippen molar-refractivity contribution in [3.8, 4) is 0 Å². The molecule has 3 aromatic carbocycles. The predicted octanol–water partition coefficient (Wildman–Crippen LogP) is 5.03. The smallest absolute Gasteiger partial charge is 0.258 e. The van der Waals surface area contributed by atoms with E-state index in [0.29, 0.717) is 21.3 Å². The van der Waals surface area contributed by atoms with Gasteiger partial charge >= 0.3 is 0 Å². The lowest BCUT2D eigenvalue weighted by atomic mass is 9.99. The highest BCUT2D eigenvalue weighted by Crippen LogP contribution is 2.48. The summed E-state index contributed by atoms with van der Waals surface area (Å²) < 4.78 is 0.626. The molecule has 0 bridgehead atoms. The van der Waals surface area contributed by atoms with Gasteiger partial charge in [-0.15, -0.1) is 0 Å². The quantitative estimate of drug-likeness (QED) is 0.532. The van der Waals surface area contributed by atoms with Gasteiger partial charge < -0.3 is 5.11 Å². The van der Waals surface area contributed by atoms with E-state index in [0.717, 1.165) is 16.7 Å². The van der Waals surface area contributed by atoms with Gasteiger partial charge in [-0.05, 0) is 40.6 Å². The molecule has 0 aliphatic carbocycles. The summed E-state index contributed by atoms with van der Waals surface area (Å²) in [7, 11) is 0. The Kier molecular flexibility index (Phi) is 5.08. The van der Waals surface area contributed by atoms with E-state index >= 15 is 0 Å². The van der Waals surface area contributed by atoms with Crippen LogP contribution in [0.3, 0.4) is 0 Å². The minimum absolute atomic E-state index is 0.163. The van der Waals surface area contributed by atoms with Crippen molar-refractivity contribution in [3.05, 3.63) is 111 Å². The van der Waals surface area contributed by atoms with E-state index in [-0.39, 0.29) is 5.91 Å². The zero-order valence-corrected chi connectivity index (χ0v) is 17.6. The number of rotatable bonds is 4. The molecule has 1 amide bonds. The molecule has 1 N–H and O–H groups in total. The van der Waals surface area contributed by atoms with Gasteiger partial charge in [0.15, 0.2) is 0 Å². The Hall–Kier alpha value is -2.44. The van der Waals surface area contributed by atoms with Crippen molar-refractivity contribution in [2.45, 2.75) is 19.2 Å². The highest BCUT2D eigenvalue weighted by atomic mass is 127. The number of hydrogen-bond acceptors (Lipinski definition) is 2. The zero-order valence-electron chi connectivity index (χ0n) is 15.5. The summed E-state index contributed by atoms with van der Waals surface area (Å²) in [6, 6.07) is 27.0. The molecule has 0 aromatic heterocycles. The first-order chi connectivity index (χ1) is 13.5. The number of aliphatic hydroxyl groups is 1. The predicted molar refractivity (Wildman–Crippen MR) is 119 cm³/mol. The van der Waals surface area contributed by atoms with Crippen molar-refractivity contribution < 1.29 is 9.90 Å². The zero-order chi connectivity index (χ0) is 19.7. The SMILES string of the molecule is Cc1ccc(C2=C(I)C(O)(c3ccccc3)N(Cc3ccccc3)C2=O)cc1. The Morgan fingerprint density at radius 1 is 0.893 bits per heavy atom. The molecular formula is C24H20INO2. The maximum absolute atomic E-state index is 13.5. The summed E-state index contributed by atoms with van der Waals surface area (Å²) in [6.07, 6.45) is 0. The first-order valence-electron chi connectivity index (χ1n) is 9.13. The Morgan fingerprint density at radius 3 is 2.07 bits per heavy atom. The Labute approximate surface area is 178 Å². The number of amides is 1. The molecule has 3 nitrogen and oxygen atoms in total. The molecule has 140 valence electrons. The fraction of sp³-hybridized carbons (Fsp3) is 0.125. The lowest BCUT2D eigenvalue weighted by Crippen LogP contribution is -2.44. The molecule has 1 aliphatic rings. The second kappa shape index (κ2) is 7.53. The number of nitrogens with zero attached hydrogens (tertiary/aromatic N) is 1. The van der Waals surface area contributed by atoms with Gasteiger partial charge in [0.2, 0.25) is 5.72 Å². The van der Waals surface area contributed by atoms with Crippen LogP contribution in [-0.4, -0.2) is 15.9 Å². The molecule has 0 fully saturated rings. The van der Waals surface area contributed by atoms with Crippen molar-refractivity contribution in [3.63, 3.8) is 0 Å². The van der Waals surface area contributed by atoms with Crippen molar-refractivity contribution in [1.82, 2.24) is 4.90 Å². The molecule has 28 heavy (non-hydrogen) atoms. The van der Waals surface area contributed by atoms with Gasteiger partial charge in [0.05, 0.1) is 9.15 Å². The topological polar surface area (TPSA) is 40.5 Å². The number of aryl methyl sites for hydroxylation is 1. The van der Waals surface area contributed by atoms with Crippen LogP contribution in [0.1, 0.15) is 22.3 Å². The summed E-state index contributed by atoms with van der Waals surface area (Å²) >= 11 is 2.13. The molecule has 4 heteroatoms. The third-order valence-electron chi connectivity index (χ3n) is 5.08. The average molecular weight is 481 g/mol. The van der Waals surface area contributed by atoms with Crippen LogP contribution in [0.15, 0.2) is 88.5 Å². The summed E-state index contributed by atoms with van der Waals surface area (Å²) in [5.74, 6) is -0.163. The van der Waals surface area contributed by atoms with Crippen LogP contribution in [0.5, 0.6) is 0 Å². The van der Waals surface area contributed by atoms with Gasteiger partial charge in [0.25, 0.3) is 5.91 Å². The lowest BCUT2D eigenvalue weighted by Gasteiger charge is -2.35. The molecule has 0 radical (unpaired) electrons. The largest absolute Gasteiger partial charge is 0.363 e. The van der Waals surface area contributed by atoms with Gasteiger partial charge in [0.1, 0.15) is 0 Å². The first-order valence-corrected chi connectivity index (χ1v) is 10.2. The maximum atomic E-state index is 13.5. The minimum Gasteiger partial charge on any atom is -0.363 e. The number of halogens is 1. The highest BCUT2D eigenvalue weighted by molar-refractivity contribution is 14.1. The Morgan fingerprint density at radius 2 is 1.46 bits per heavy atom. The third-order valence-corrected chi connectivity index (χ3v) is 6.37. The average Bonchev–Trinajstić information content (AvgIpc) is 2.92. The van der Waals surface area contributed by atoms with Gasteiger partial charge in [0, 0.05) is 12.1 Å². The fourth-order valence-electron chi connectivity index (χ4n) is 3.54. The van der Waals surface area contributed by atoms with Crippen molar-refractivity contribution in [2.24, 2.45) is 0 Å². The van der Waals surface area contributed by atoms with Crippen LogP contribution < -0.4 is 0 Å². The number of hydrogen-bond donors (Lipinski definition) is 1.